The summed E-state index contributed by atoms with van der Waals surface area (Å²) in [5, 5.41) is 14.7. The monoisotopic (exact) mass is 258 g/mol. The molecule has 1 rings (SSSR count). The van der Waals surface area contributed by atoms with E-state index < -0.39 is 5.91 Å². The minimum Gasteiger partial charge on any atom is -0.326 e. The van der Waals surface area contributed by atoms with Crippen molar-refractivity contribution in [1.82, 2.24) is 5.43 Å². The van der Waals surface area contributed by atoms with Gasteiger partial charge in [-0.05, 0) is 19.1 Å². The average Bonchev–Trinajstić information content (AvgIpc) is 2.38. The van der Waals surface area contributed by atoms with Crippen LogP contribution in [-0.4, -0.2) is 17.5 Å². The van der Waals surface area contributed by atoms with Crippen molar-refractivity contribution in [3.63, 3.8) is 0 Å². The SMILES string of the molecule is CC(CC(=O)Nc1ccccc1)=NNC(=O)CC#N. The summed E-state index contributed by atoms with van der Waals surface area (Å²) in [5.74, 6) is -0.715. The topological polar surface area (TPSA) is 94.3 Å². The van der Waals surface area contributed by atoms with E-state index in [4.69, 9.17) is 5.26 Å². The molecule has 0 radical (unpaired) electrons. The Morgan fingerprint density at radius 2 is 1.95 bits per heavy atom. The third-order valence-corrected chi connectivity index (χ3v) is 2.09. The van der Waals surface area contributed by atoms with Gasteiger partial charge in [-0.2, -0.15) is 10.4 Å². The first-order valence-corrected chi connectivity index (χ1v) is 5.65. The van der Waals surface area contributed by atoms with Crippen LogP contribution in [0.1, 0.15) is 19.8 Å². The van der Waals surface area contributed by atoms with Gasteiger partial charge in [-0.3, -0.25) is 9.59 Å². The van der Waals surface area contributed by atoms with Crippen LogP contribution in [0, 0.1) is 11.3 Å². The van der Waals surface area contributed by atoms with E-state index in [0.717, 1.165) is 0 Å². The molecule has 0 aromatic heterocycles. The molecule has 6 nitrogen and oxygen atoms in total. The van der Waals surface area contributed by atoms with Crippen molar-refractivity contribution in [2.45, 2.75) is 19.8 Å². The van der Waals surface area contributed by atoms with Gasteiger partial charge < -0.3 is 5.32 Å². The zero-order valence-electron chi connectivity index (χ0n) is 10.5. The fourth-order valence-electron chi connectivity index (χ4n) is 1.27. The molecule has 1 aromatic carbocycles. The van der Waals surface area contributed by atoms with E-state index in [0.29, 0.717) is 11.4 Å². The highest BCUT2D eigenvalue weighted by atomic mass is 16.2. The second-order valence-corrected chi connectivity index (χ2v) is 3.81. The molecule has 0 bridgehead atoms. The molecule has 0 unspecified atom stereocenters. The molecule has 98 valence electrons. The van der Waals surface area contributed by atoms with Crippen molar-refractivity contribution in [3.05, 3.63) is 30.3 Å². The smallest absolute Gasteiger partial charge is 0.254 e. The van der Waals surface area contributed by atoms with Gasteiger partial charge in [0.15, 0.2) is 0 Å². The van der Waals surface area contributed by atoms with E-state index in [1.165, 1.54) is 0 Å². The first kappa shape index (κ1) is 14.4. The number of benzene rings is 1. The molecule has 0 spiro atoms. The number of amides is 2. The summed E-state index contributed by atoms with van der Waals surface area (Å²) >= 11 is 0. The maximum absolute atomic E-state index is 11.6. The van der Waals surface area contributed by atoms with Crippen LogP contribution in [0.5, 0.6) is 0 Å². The lowest BCUT2D eigenvalue weighted by Crippen LogP contribution is -2.20. The third kappa shape index (κ3) is 5.98. The van der Waals surface area contributed by atoms with Crippen molar-refractivity contribution in [2.24, 2.45) is 5.10 Å². The molecule has 6 heteroatoms. The molecule has 2 N–H and O–H groups in total. The van der Waals surface area contributed by atoms with E-state index >= 15 is 0 Å². The average molecular weight is 258 g/mol. The van der Waals surface area contributed by atoms with Gasteiger partial charge >= 0.3 is 0 Å². The number of carbonyl (C=O) groups is 2. The molecule has 0 aliphatic carbocycles. The Bertz CT molecular complexity index is 517. The molecular formula is C13H14N4O2. The normalized spacial score (nSPS) is 10.4. The molecule has 0 fully saturated rings. The zero-order valence-corrected chi connectivity index (χ0v) is 10.5. The van der Waals surface area contributed by atoms with Crippen molar-refractivity contribution < 1.29 is 9.59 Å². The maximum atomic E-state index is 11.6. The van der Waals surface area contributed by atoms with Crippen LogP contribution in [0.15, 0.2) is 35.4 Å². The van der Waals surface area contributed by atoms with Crippen molar-refractivity contribution >= 4 is 23.2 Å². The highest BCUT2D eigenvalue weighted by molar-refractivity contribution is 6.05. The molecular weight excluding hydrogens is 244 g/mol. The minimum absolute atomic E-state index is 0.0712. The van der Waals surface area contributed by atoms with Crippen LogP contribution in [0.25, 0.3) is 0 Å². The van der Waals surface area contributed by atoms with Gasteiger partial charge in [0.05, 0.1) is 12.5 Å². The van der Waals surface area contributed by atoms with Crippen LogP contribution in [0.2, 0.25) is 0 Å². The fourth-order valence-corrected chi connectivity index (χ4v) is 1.27. The summed E-state index contributed by atoms with van der Waals surface area (Å²) in [5.41, 5.74) is 3.36. The number of hydrazone groups is 1. The van der Waals surface area contributed by atoms with Crippen molar-refractivity contribution in [1.29, 1.82) is 5.26 Å². The van der Waals surface area contributed by atoms with Crippen LogP contribution in [0.3, 0.4) is 0 Å². The van der Waals surface area contributed by atoms with Gasteiger partial charge in [0.25, 0.3) is 5.91 Å². The van der Waals surface area contributed by atoms with Gasteiger partial charge in [-0.1, -0.05) is 18.2 Å². The summed E-state index contributed by atoms with van der Waals surface area (Å²) in [7, 11) is 0. The predicted octanol–water partition coefficient (Wildman–Crippen LogP) is 1.42. The fraction of sp³-hybridized carbons (Fsp3) is 0.231. The highest BCUT2D eigenvalue weighted by Gasteiger charge is 2.05. The lowest BCUT2D eigenvalue weighted by Gasteiger charge is -2.04. The molecule has 1 aromatic rings. The van der Waals surface area contributed by atoms with Gasteiger partial charge in [-0.15, -0.1) is 0 Å². The van der Waals surface area contributed by atoms with E-state index in [2.05, 4.69) is 15.8 Å². The second-order valence-electron chi connectivity index (χ2n) is 3.81. The number of nitriles is 1. The first-order valence-electron chi connectivity index (χ1n) is 5.65. The molecule has 0 aliphatic heterocycles. The molecule has 0 saturated carbocycles. The number of rotatable bonds is 5. The Balaban J connectivity index is 2.42. The Hall–Kier alpha value is -2.68. The zero-order chi connectivity index (χ0) is 14.1. The summed E-state index contributed by atoms with van der Waals surface area (Å²) < 4.78 is 0. The van der Waals surface area contributed by atoms with E-state index in [1.807, 2.05) is 18.2 Å². The number of hydrogen-bond acceptors (Lipinski definition) is 4. The van der Waals surface area contributed by atoms with Crippen molar-refractivity contribution in [3.8, 4) is 6.07 Å². The number of carbonyl (C=O) groups excluding carboxylic acids is 2. The van der Waals surface area contributed by atoms with Crippen molar-refractivity contribution in [2.75, 3.05) is 5.32 Å². The minimum atomic E-state index is -0.495. The highest BCUT2D eigenvalue weighted by Crippen LogP contribution is 2.05. The van der Waals surface area contributed by atoms with E-state index in [-0.39, 0.29) is 18.7 Å². The maximum Gasteiger partial charge on any atom is 0.254 e. The molecule has 0 saturated heterocycles. The third-order valence-electron chi connectivity index (χ3n) is 2.09. The molecule has 0 atom stereocenters. The molecule has 0 aliphatic rings. The van der Waals surface area contributed by atoms with Crippen LogP contribution < -0.4 is 10.7 Å². The predicted molar refractivity (Wildman–Crippen MR) is 71.2 cm³/mol. The summed E-state index contributed by atoms with van der Waals surface area (Å²) in [4.78, 5) is 22.6. The van der Waals surface area contributed by atoms with Crippen LogP contribution >= 0.6 is 0 Å². The second kappa shape index (κ2) is 7.61. The summed E-state index contributed by atoms with van der Waals surface area (Å²) in [6.07, 6.45) is -0.186. The number of anilines is 1. The Labute approximate surface area is 111 Å². The van der Waals surface area contributed by atoms with Gasteiger partial charge in [0.2, 0.25) is 5.91 Å². The Morgan fingerprint density at radius 3 is 2.58 bits per heavy atom. The molecule has 0 heterocycles. The van der Waals surface area contributed by atoms with E-state index in [1.54, 1.807) is 25.1 Å². The van der Waals surface area contributed by atoms with Gasteiger partial charge in [-0.25, -0.2) is 5.43 Å². The number of para-hydroxylation sites is 1. The Kier molecular flexibility index (Phi) is 5.76. The lowest BCUT2D eigenvalue weighted by atomic mass is 10.2. The number of hydrogen-bond donors (Lipinski definition) is 2. The number of nitrogens with zero attached hydrogens (tertiary/aromatic N) is 2. The van der Waals surface area contributed by atoms with Gasteiger partial charge in [0, 0.05) is 11.4 Å². The summed E-state index contributed by atoms with van der Waals surface area (Å²) in [6.45, 7) is 1.62. The lowest BCUT2D eigenvalue weighted by molar-refractivity contribution is -0.120. The Morgan fingerprint density at radius 1 is 1.26 bits per heavy atom. The van der Waals surface area contributed by atoms with Crippen LogP contribution in [0.4, 0.5) is 5.69 Å². The first-order chi connectivity index (χ1) is 9.11. The van der Waals surface area contributed by atoms with Gasteiger partial charge in [0.1, 0.15) is 6.42 Å². The molecule has 19 heavy (non-hydrogen) atoms. The van der Waals surface area contributed by atoms with E-state index in [9.17, 15) is 9.59 Å². The molecule has 2 amide bonds. The quantitative estimate of drug-likeness (QED) is 0.617. The van der Waals surface area contributed by atoms with Crippen LogP contribution in [-0.2, 0) is 9.59 Å². The summed E-state index contributed by atoms with van der Waals surface area (Å²) in [6, 6.07) is 10.7. The standard InChI is InChI=1S/C13H14N4O2/c1-10(16-17-12(18)7-8-14)9-13(19)15-11-5-3-2-4-6-11/h2-6H,7,9H2,1H3,(H,15,19)(H,17,18). The largest absolute Gasteiger partial charge is 0.326 e. The number of nitrogens with one attached hydrogen (secondary N) is 2.